The number of hydrogen-bond donors (Lipinski definition) is 2. The molecule has 0 aliphatic rings. The zero-order valence-corrected chi connectivity index (χ0v) is 36.7. The van der Waals surface area contributed by atoms with Crippen molar-refractivity contribution in [1.82, 2.24) is 0 Å². The van der Waals surface area contributed by atoms with Gasteiger partial charge in [0.2, 0.25) is 0 Å². The van der Waals surface area contributed by atoms with Crippen LogP contribution in [0.15, 0.2) is 24.3 Å². The normalized spacial score (nSPS) is 12.6. The van der Waals surface area contributed by atoms with Gasteiger partial charge >= 0.3 is 19.8 Å². The molecule has 0 saturated heterocycles. The first-order valence-corrected chi connectivity index (χ1v) is 24.7. The summed E-state index contributed by atoms with van der Waals surface area (Å²) in [6, 6.07) is 0. The molecule has 1 atom stereocenters. The van der Waals surface area contributed by atoms with Crippen molar-refractivity contribution in [3.63, 3.8) is 0 Å². The van der Waals surface area contributed by atoms with Crippen LogP contribution >= 0.6 is 7.82 Å². The zero-order valence-electron chi connectivity index (χ0n) is 35.8. The van der Waals surface area contributed by atoms with Crippen molar-refractivity contribution in [1.29, 1.82) is 0 Å². The van der Waals surface area contributed by atoms with Gasteiger partial charge in [-0.1, -0.05) is 205 Å². The highest BCUT2D eigenvalue weighted by Gasteiger charge is 2.23. The van der Waals surface area contributed by atoms with Crippen molar-refractivity contribution in [3.8, 4) is 0 Å². The summed E-state index contributed by atoms with van der Waals surface area (Å²) in [6.45, 7) is 3.69. The number of esters is 2. The van der Waals surface area contributed by atoms with Crippen LogP contribution in [0.25, 0.3) is 0 Å². The predicted octanol–water partition coefficient (Wildman–Crippen LogP) is 14.4. The number of hydrogen-bond acceptors (Lipinski definition) is 6. The van der Waals surface area contributed by atoms with E-state index in [-0.39, 0.29) is 19.4 Å². The van der Waals surface area contributed by atoms with Gasteiger partial charge in [-0.05, 0) is 44.9 Å². The first-order valence-electron chi connectivity index (χ1n) is 23.1. The number of ether oxygens (including phenoxy) is 2. The molecular formula is C46H87O8P. The third-order valence-electron chi connectivity index (χ3n) is 10.2. The molecule has 0 heterocycles. The summed E-state index contributed by atoms with van der Waals surface area (Å²) in [6.07, 6.45) is 49.0. The Morgan fingerprint density at radius 1 is 0.473 bits per heavy atom. The fraction of sp³-hybridized carbons (Fsp3) is 0.870. The molecule has 0 aromatic rings. The Labute approximate surface area is 339 Å². The van der Waals surface area contributed by atoms with Crippen molar-refractivity contribution in [2.75, 3.05) is 13.2 Å². The number of phosphoric acid groups is 1. The Kier molecular flexibility index (Phi) is 41.0. The number of unbranched alkanes of at least 4 members (excludes halogenated alkanes) is 29. The number of phosphoric ester groups is 1. The van der Waals surface area contributed by atoms with Gasteiger partial charge in [0.15, 0.2) is 6.10 Å². The molecule has 0 unspecified atom stereocenters. The molecule has 0 fully saturated rings. The van der Waals surface area contributed by atoms with Crippen LogP contribution in [0.1, 0.15) is 239 Å². The van der Waals surface area contributed by atoms with Gasteiger partial charge in [-0.15, -0.1) is 0 Å². The molecule has 0 aromatic carbocycles. The molecule has 0 aliphatic carbocycles. The number of rotatable bonds is 43. The van der Waals surface area contributed by atoms with Gasteiger partial charge in [0.05, 0.1) is 6.61 Å². The summed E-state index contributed by atoms with van der Waals surface area (Å²) in [4.78, 5) is 43.0. The van der Waals surface area contributed by atoms with Crippen LogP contribution in [-0.2, 0) is 28.2 Å². The van der Waals surface area contributed by atoms with Gasteiger partial charge in [-0.25, -0.2) is 4.57 Å². The summed E-state index contributed by atoms with van der Waals surface area (Å²) in [5.74, 6) is -0.877. The van der Waals surface area contributed by atoms with E-state index in [2.05, 4.69) is 42.7 Å². The van der Waals surface area contributed by atoms with Crippen molar-refractivity contribution in [2.45, 2.75) is 245 Å². The van der Waals surface area contributed by atoms with E-state index in [0.717, 1.165) is 51.4 Å². The lowest BCUT2D eigenvalue weighted by atomic mass is 10.0. The second kappa shape index (κ2) is 42.1. The maximum absolute atomic E-state index is 12.4. The molecule has 0 aromatic heterocycles. The van der Waals surface area contributed by atoms with E-state index < -0.39 is 32.5 Å². The van der Waals surface area contributed by atoms with Crippen LogP contribution in [0.3, 0.4) is 0 Å². The molecular weight excluding hydrogens is 711 g/mol. The first-order chi connectivity index (χ1) is 26.8. The lowest BCUT2D eigenvalue weighted by molar-refractivity contribution is -0.161. The van der Waals surface area contributed by atoms with E-state index in [1.807, 2.05) is 0 Å². The minimum Gasteiger partial charge on any atom is -0.462 e. The third kappa shape index (κ3) is 45.1. The Hall–Kier alpha value is -1.47. The van der Waals surface area contributed by atoms with E-state index in [9.17, 15) is 14.2 Å². The molecule has 0 saturated carbocycles. The molecule has 0 rings (SSSR count). The molecule has 2 N–H and O–H groups in total. The summed E-state index contributed by atoms with van der Waals surface area (Å²) in [5.41, 5.74) is 0. The molecule has 0 amide bonds. The average Bonchev–Trinajstić information content (AvgIpc) is 3.16. The Morgan fingerprint density at radius 3 is 1.24 bits per heavy atom. The SMILES string of the molecule is CCCCC/C=C/C/C=C/CCCCCCCCCCCC(=O)OC[C@H](COP(=O)(O)O)OC(=O)CCCCCCCCCCCCCCCCCCCC. The minimum atomic E-state index is -4.75. The van der Waals surface area contributed by atoms with E-state index in [1.165, 1.54) is 154 Å². The Morgan fingerprint density at radius 2 is 0.818 bits per heavy atom. The molecule has 0 aliphatic heterocycles. The van der Waals surface area contributed by atoms with Gasteiger partial charge in [0.1, 0.15) is 6.61 Å². The van der Waals surface area contributed by atoms with Crippen molar-refractivity contribution < 1.29 is 37.9 Å². The maximum atomic E-state index is 12.4. The monoisotopic (exact) mass is 799 g/mol. The second-order valence-corrected chi connectivity index (χ2v) is 17.0. The van der Waals surface area contributed by atoms with Crippen molar-refractivity contribution >= 4 is 19.8 Å². The van der Waals surface area contributed by atoms with E-state index in [4.69, 9.17) is 19.3 Å². The zero-order chi connectivity index (χ0) is 40.3. The molecule has 0 spiro atoms. The fourth-order valence-electron chi connectivity index (χ4n) is 6.76. The summed E-state index contributed by atoms with van der Waals surface area (Å²) >= 11 is 0. The quantitative estimate of drug-likeness (QED) is 0.0271. The third-order valence-corrected chi connectivity index (χ3v) is 10.7. The smallest absolute Gasteiger partial charge is 0.462 e. The van der Waals surface area contributed by atoms with Gasteiger partial charge in [-0.2, -0.15) is 0 Å². The van der Waals surface area contributed by atoms with Crippen molar-refractivity contribution in [2.24, 2.45) is 0 Å². The fourth-order valence-corrected chi connectivity index (χ4v) is 7.12. The summed E-state index contributed by atoms with van der Waals surface area (Å²) in [5, 5.41) is 0. The molecule has 8 nitrogen and oxygen atoms in total. The topological polar surface area (TPSA) is 119 Å². The predicted molar refractivity (Wildman–Crippen MR) is 230 cm³/mol. The standard InChI is InChI=1S/C46H87O8P/c1-3-5-7-9-11-13-15-17-19-21-23-25-26-28-30-32-34-36-38-40-45(47)52-42-44(43-53-55(49,50)51)54-46(48)41-39-37-35-33-31-29-27-24-22-20-18-16-14-12-10-8-6-4-2/h11,13,17,19,44H,3-10,12,14-16,18,20-43H2,1-2H3,(H2,49,50,51)/b13-11+,19-17+/t44-/m1/s1. The highest BCUT2D eigenvalue weighted by molar-refractivity contribution is 7.46. The van der Waals surface area contributed by atoms with E-state index in [0.29, 0.717) is 6.42 Å². The van der Waals surface area contributed by atoms with Crippen LogP contribution in [-0.4, -0.2) is 41.0 Å². The first kappa shape index (κ1) is 53.5. The van der Waals surface area contributed by atoms with Crippen LogP contribution < -0.4 is 0 Å². The minimum absolute atomic E-state index is 0.216. The van der Waals surface area contributed by atoms with Gasteiger partial charge in [0, 0.05) is 12.8 Å². The molecule has 0 radical (unpaired) electrons. The highest BCUT2D eigenvalue weighted by atomic mass is 31.2. The van der Waals surface area contributed by atoms with E-state index in [1.54, 1.807) is 0 Å². The molecule has 0 bridgehead atoms. The summed E-state index contributed by atoms with van der Waals surface area (Å²) in [7, 11) is -4.75. The summed E-state index contributed by atoms with van der Waals surface area (Å²) < 4.78 is 26.5. The number of carbonyl (C=O) groups excluding carboxylic acids is 2. The van der Waals surface area contributed by atoms with Gasteiger partial charge in [-0.3, -0.25) is 14.1 Å². The van der Waals surface area contributed by atoms with Gasteiger partial charge < -0.3 is 19.3 Å². The average molecular weight is 799 g/mol. The molecule has 9 heteroatoms. The van der Waals surface area contributed by atoms with Crippen LogP contribution in [0.5, 0.6) is 0 Å². The number of carbonyl (C=O) groups is 2. The number of allylic oxidation sites excluding steroid dienone is 4. The lowest BCUT2D eigenvalue weighted by Gasteiger charge is -2.18. The largest absolute Gasteiger partial charge is 0.469 e. The maximum Gasteiger partial charge on any atom is 0.469 e. The second-order valence-electron chi connectivity index (χ2n) is 15.7. The van der Waals surface area contributed by atoms with Crippen LogP contribution in [0.2, 0.25) is 0 Å². The van der Waals surface area contributed by atoms with Gasteiger partial charge in [0.25, 0.3) is 0 Å². The van der Waals surface area contributed by atoms with Crippen molar-refractivity contribution in [3.05, 3.63) is 24.3 Å². The highest BCUT2D eigenvalue weighted by Crippen LogP contribution is 2.36. The molecule has 55 heavy (non-hydrogen) atoms. The molecule has 324 valence electrons. The van der Waals surface area contributed by atoms with E-state index >= 15 is 0 Å². The lowest BCUT2D eigenvalue weighted by Crippen LogP contribution is -2.29. The Balaban J connectivity index is 3.84. The van der Waals surface area contributed by atoms with Crippen LogP contribution in [0.4, 0.5) is 0 Å². The Bertz CT molecular complexity index is 946. The van der Waals surface area contributed by atoms with Crippen LogP contribution in [0, 0.1) is 0 Å².